The molecule has 0 bridgehead atoms. The van der Waals surface area contributed by atoms with E-state index in [2.05, 4.69) is 30.3 Å². The zero-order valence-electron chi connectivity index (χ0n) is 22.5. The number of nitrogens with zero attached hydrogens (tertiary/aromatic N) is 3. The number of hydrogen-bond donors (Lipinski definition) is 0. The zero-order valence-corrected chi connectivity index (χ0v) is 23.3. The van der Waals surface area contributed by atoms with E-state index in [1.165, 1.54) is 28.9 Å². The number of rotatable bonds is 9. The van der Waals surface area contributed by atoms with Crippen LogP contribution < -0.4 is 24.5 Å². The smallest absolute Gasteiger partial charge is 0.338 e. The third kappa shape index (κ3) is 5.93. The van der Waals surface area contributed by atoms with Crippen LogP contribution in [0.3, 0.4) is 0 Å². The van der Waals surface area contributed by atoms with Gasteiger partial charge in [0.25, 0.3) is 5.56 Å². The van der Waals surface area contributed by atoms with Gasteiger partial charge >= 0.3 is 11.9 Å². The summed E-state index contributed by atoms with van der Waals surface area (Å²) in [4.78, 5) is 45.6. The fourth-order valence-electron chi connectivity index (χ4n) is 4.52. The summed E-state index contributed by atoms with van der Waals surface area (Å²) in [7, 11) is 0. The van der Waals surface area contributed by atoms with Crippen molar-refractivity contribution in [1.82, 2.24) is 4.57 Å². The van der Waals surface area contributed by atoms with Crippen molar-refractivity contribution in [3.8, 4) is 5.75 Å². The van der Waals surface area contributed by atoms with Crippen LogP contribution in [0.1, 0.15) is 44.9 Å². The van der Waals surface area contributed by atoms with Crippen molar-refractivity contribution in [2.75, 3.05) is 24.6 Å². The highest BCUT2D eigenvalue weighted by atomic mass is 32.1. The number of aromatic nitrogens is 1. The van der Waals surface area contributed by atoms with Gasteiger partial charge in [0, 0.05) is 25.7 Å². The van der Waals surface area contributed by atoms with Gasteiger partial charge in [-0.1, -0.05) is 48.3 Å². The van der Waals surface area contributed by atoms with Gasteiger partial charge in [-0.25, -0.2) is 9.79 Å². The molecule has 1 aliphatic rings. The van der Waals surface area contributed by atoms with Crippen molar-refractivity contribution in [3.05, 3.63) is 103 Å². The molecule has 0 saturated heterocycles. The normalized spacial score (nSPS) is 14.9. The number of allylic oxidation sites excluding steroid dienone is 1. The monoisotopic (exact) mass is 545 g/mol. The Morgan fingerprint density at radius 2 is 1.77 bits per heavy atom. The van der Waals surface area contributed by atoms with Gasteiger partial charge in [-0.3, -0.25) is 14.2 Å². The second-order valence-corrected chi connectivity index (χ2v) is 9.90. The van der Waals surface area contributed by atoms with Crippen LogP contribution in [0, 0.1) is 0 Å². The van der Waals surface area contributed by atoms with Crippen LogP contribution >= 0.6 is 11.3 Å². The molecule has 4 rings (SSSR count). The molecule has 202 valence electrons. The molecule has 39 heavy (non-hydrogen) atoms. The number of thiazole rings is 1. The molecule has 9 heteroatoms. The van der Waals surface area contributed by atoms with Crippen LogP contribution in [0.25, 0.3) is 6.08 Å². The first-order valence-electron chi connectivity index (χ1n) is 12.7. The average molecular weight is 546 g/mol. The second kappa shape index (κ2) is 12.1. The molecule has 0 spiro atoms. The Morgan fingerprint density at radius 3 is 2.36 bits per heavy atom. The van der Waals surface area contributed by atoms with Crippen LogP contribution in [-0.4, -0.2) is 36.2 Å². The minimum Gasteiger partial charge on any atom is -0.458 e. The van der Waals surface area contributed by atoms with Crippen LogP contribution in [0.2, 0.25) is 0 Å². The first-order chi connectivity index (χ1) is 18.8. The third-order valence-corrected chi connectivity index (χ3v) is 7.33. The molecule has 2 heterocycles. The number of esters is 2. The van der Waals surface area contributed by atoms with Crippen LogP contribution in [0.15, 0.2) is 82.2 Å². The van der Waals surface area contributed by atoms with Gasteiger partial charge in [0.05, 0.1) is 21.8 Å². The van der Waals surface area contributed by atoms with E-state index in [-0.39, 0.29) is 17.7 Å². The predicted molar refractivity (Wildman–Crippen MR) is 153 cm³/mol. The standard InChI is InChI=1S/C30H31N3O5S/c1-6-17-37-29(36)26-19(4)31-30-33(27(26)22-11-15-24(16-12-22)38-20(5)34)28(35)25(39-30)18-21-9-13-23(14-10-21)32(7-2)8-3/h6,9-16,18,27H,1,7-8,17H2,2-5H3/b25-18-/t27-/m0/s1. The summed E-state index contributed by atoms with van der Waals surface area (Å²) in [5, 5.41) is 0. The van der Waals surface area contributed by atoms with Gasteiger partial charge in [-0.05, 0) is 62.2 Å². The van der Waals surface area contributed by atoms with E-state index in [4.69, 9.17) is 9.47 Å². The Bertz CT molecular complexity index is 1590. The molecule has 1 aliphatic heterocycles. The summed E-state index contributed by atoms with van der Waals surface area (Å²) in [6, 6.07) is 14.0. The number of ether oxygens (including phenoxy) is 2. The first kappa shape index (κ1) is 27.8. The topological polar surface area (TPSA) is 90.2 Å². The maximum atomic E-state index is 13.8. The highest BCUT2D eigenvalue weighted by molar-refractivity contribution is 7.07. The maximum absolute atomic E-state index is 13.8. The first-order valence-corrected chi connectivity index (χ1v) is 13.5. The highest BCUT2D eigenvalue weighted by Gasteiger charge is 2.33. The fourth-order valence-corrected chi connectivity index (χ4v) is 5.56. The summed E-state index contributed by atoms with van der Waals surface area (Å²) < 4.78 is 12.6. The number of hydrogen-bond acceptors (Lipinski definition) is 8. The van der Waals surface area contributed by atoms with E-state index in [9.17, 15) is 14.4 Å². The molecule has 3 aromatic rings. The Kier molecular flexibility index (Phi) is 8.61. The number of fused-ring (bicyclic) bond motifs is 1. The highest BCUT2D eigenvalue weighted by Crippen LogP contribution is 2.31. The minimum absolute atomic E-state index is 0.0294. The lowest BCUT2D eigenvalue weighted by atomic mass is 9.96. The van der Waals surface area contributed by atoms with Crippen LogP contribution in [-0.2, 0) is 14.3 Å². The quantitative estimate of drug-likeness (QED) is 0.231. The van der Waals surface area contributed by atoms with E-state index >= 15 is 0 Å². The van der Waals surface area contributed by atoms with E-state index in [1.54, 1.807) is 31.2 Å². The van der Waals surface area contributed by atoms with Crippen LogP contribution in [0.5, 0.6) is 5.75 Å². The van der Waals surface area contributed by atoms with Gasteiger partial charge in [0.1, 0.15) is 12.4 Å². The predicted octanol–water partition coefficient (Wildman–Crippen LogP) is 3.74. The fraction of sp³-hybridized carbons (Fsp3) is 0.267. The van der Waals surface area contributed by atoms with Crippen molar-refractivity contribution in [3.63, 3.8) is 0 Å². The average Bonchev–Trinajstić information content (AvgIpc) is 3.22. The molecule has 2 aromatic carbocycles. The van der Waals surface area contributed by atoms with E-state index in [0.29, 0.717) is 26.3 Å². The molecular weight excluding hydrogens is 514 g/mol. The number of anilines is 1. The van der Waals surface area contributed by atoms with E-state index in [0.717, 1.165) is 24.3 Å². The van der Waals surface area contributed by atoms with Gasteiger partial charge in [0.15, 0.2) is 4.80 Å². The molecule has 0 fully saturated rings. The maximum Gasteiger partial charge on any atom is 0.338 e. The van der Waals surface area contributed by atoms with Crippen molar-refractivity contribution < 1.29 is 19.1 Å². The van der Waals surface area contributed by atoms with Crippen molar-refractivity contribution in [1.29, 1.82) is 0 Å². The second-order valence-electron chi connectivity index (χ2n) is 8.90. The lowest BCUT2D eigenvalue weighted by molar-refractivity contribution is -0.138. The third-order valence-electron chi connectivity index (χ3n) is 6.35. The minimum atomic E-state index is -0.767. The molecule has 0 amide bonds. The van der Waals surface area contributed by atoms with Crippen molar-refractivity contribution >= 4 is 35.0 Å². The lowest BCUT2D eigenvalue weighted by Crippen LogP contribution is -2.39. The molecule has 0 N–H and O–H groups in total. The lowest BCUT2D eigenvalue weighted by Gasteiger charge is -2.24. The summed E-state index contributed by atoms with van der Waals surface area (Å²) >= 11 is 1.27. The molecule has 8 nitrogen and oxygen atoms in total. The number of benzene rings is 2. The Hall–Kier alpha value is -4.24. The molecule has 0 unspecified atom stereocenters. The van der Waals surface area contributed by atoms with Gasteiger partial charge in [-0.15, -0.1) is 0 Å². The molecular formula is C30H31N3O5S. The summed E-state index contributed by atoms with van der Waals surface area (Å²) in [5.41, 5.74) is 3.13. The summed E-state index contributed by atoms with van der Waals surface area (Å²) in [6.07, 6.45) is 3.32. The molecule has 0 radical (unpaired) electrons. The van der Waals surface area contributed by atoms with Gasteiger partial charge in [0.2, 0.25) is 0 Å². The largest absolute Gasteiger partial charge is 0.458 e. The summed E-state index contributed by atoms with van der Waals surface area (Å²) in [6.45, 7) is 12.7. The van der Waals surface area contributed by atoms with Crippen molar-refractivity contribution in [2.24, 2.45) is 4.99 Å². The summed E-state index contributed by atoms with van der Waals surface area (Å²) in [5.74, 6) is -0.653. The SMILES string of the molecule is C=CCOC(=O)C1=C(C)N=c2s/c(=C\c3ccc(N(CC)CC)cc3)c(=O)n2[C@H]1c1ccc(OC(C)=O)cc1. The van der Waals surface area contributed by atoms with Gasteiger partial charge in [-0.2, -0.15) is 0 Å². The van der Waals surface area contributed by atoms with E-state index < -0.39 is 18.0 Å². The molecule has 1 atom stereocenters. The van der Waals surface area contributed by atoms with Gasteiger partial charge < -0.3 is 14.4 Å². The number of carbonyl (C=O) groups excluding carboxylic acids is 2. The zero-order chi connectivity index (χ0) is 28.1. The Labute approximate surface area is 230 Å². The van der Waals surface area contributed by atoms with E-state index in [1.807, 2.05) is 30.3 Å². The molecule has 1 aromatic heterocycles. The van der Waals surface area contributed by atoms with Crippen molar-refractivity contribution in [2.45, 2.75) is 33.7 Å². The Morgan fingerprint density at radius 1 is 1.10 bits per heavy atom. The Balaban J connectivity index is 1.82. The van der Waals surface area contributed by atoms with Crippen LogP contribution in [0.4, 0.5) is 5.69 Å². The molecule has 0 saturated carbocycles. The number of carbonyl (C=O) groups is 2. The molecule has 0 aliphatic carbocycles.